The predicted molar refractivity (Wildman–Crippen MR) is 108 cm³/mol. The van der Waals surface area contributed by atoms with Crippen LogP contribution in [0.4, 0.5) is 0 Å². The van der Waals surface area contributed by atoms with Crippen molar-refractivity contribution in [3.05, 3.63) is 58.6 Å². The van der Waals surface area contributed by atoms with Gasteiger partial charge in [0.15, 0.2) is 11.5 Å². The lowest BCUT2D eigenvalue weighted by molar-refractivity contribution is -0.139. The summed E-state index contributed by atoms with van der Waals surface area (Å²) in [5.41, 5.74) is 3.65. The van der Waals surface area contributed by atoms with Gasteiger partial charge >= 0.3 is 11.8 Å². The molecule has 2 aromatic rings. The van der Waals surface area contributed by atoms with Crippen LogP contribution in [-0.4, -0.2) is 31.2 Å². The van der Waals surface area contributed by atoms with Crippen LogP contribution in [0.5, 0.6) is 11.5 Å². The van der Waals surface area contributed by atoms with Gasteiger partial charge in [-0.2, -0.15) is 5.10 Å². The molecule has 0 aliphatic carbocycles. The molecule has 0 radical (unpaired) electrons. The molecular weight excluding hydrogens is 382 g/mol. The van der Waals surface area contributed by atoms with Gasteiger partial charge < -0.3 is 14.8 Å². The van der Waals surface area contributed by atoms with E-state index < -0.39 is 11.8 Å². The third-order valence-corrected chi connectivity index (χ3v) is 3.78. The fourth-order valence-electron chi connectivity index (χ4n) is 2.28. The van der Waals surface area contributed by atoms with Crippen LogP contribution >= 0.6 is 11.6 Å². The first kappa shape index (κ1) is 21.2. The number of hydrogen-bond acceptors (Lipinski definition) is 5. The van der Waals surface area contributed by atoms with Crippen molar-refractivity contribution < 1.29 is 19.1 Å². The Bertz CT molecular complexity index is 841. The Labute approximate surface area is 168 Å². The average molecular weight is 404 g/mol. The van der Waals surface area contributed by atoms with Crippen LogP contribution < -0.4 is 20.2 Å². The summed E-state index contributed by atoms with van der Waals surface area (Å²) in [6.45, 7) is 4.83. The molecule has 8 heteroatoms. The van der Waals surface area contributed by atoms with Gasteiger partial charge in [0.1, 0.15) is 0 Å². The highest BCUT2D eigenvalue weighted by Crippen LogP contribution is 2.36. The number of nitrogens with zero attached hydrogens (tertiary/aromatic N) is 1. The van der Waals surface area contributed by atoms with Crippen LogP contribution in [0, 0.1) is 0 Å². The summed E-state index contributed by atoms with van der Waals surface area (Å²) in [7, 11) is 0. The number of ether oxygens (including phenoxy) is 2. The van der Waals surface area contributed by atoms with Crippen LogP contribution in [0.2, 0.25) is 5.02 Å². The van der Waals surface area contributed by atoms with Crippen LogP contribution in [-0.2, 0) is 16.1 Å². The maximum Gasteiger partial charge on any atom is 0.329 e. The van der Waals surface area contributed by atoms with E-state index in [-0.39, 0.29) is 6.54 Å². The van der Waals surface area contributed by atoms with E-state index in [4.69, 9.17) is 21.1 Å². The Hall–Kier alpha value is -3.06. The lowest BCUT2D eigenvalue weighted by atomic mass is 10.2. The number of amides is 2. The van der Waals surface area contributed by atoms with Gasteiger partial charge in [-0.15, -0.1) is 0 Å². The summed E-state index contributed by atoms with van der Waals surface area (Å²) >= 11 is 6.22. The number of rotatable bonds is 8. The van der Waals surface area contributed by atoms with Gasteiger partial charge in [-0.1, -0.05) is 41.9 Å². The molecule has 0 spiro atoms. The first-order valence-corrected chi connectivity index (χ1v) is 9.17. The Kier molecular flexibility index (Phi) is 8.30. The molecule has 0 heterocycles. The third kappa shape index (κ3) is 6.28. The molecule has 2 aromatic carbocycles. The van der Waals surface area contributed by atoms with Gasteiger partial charge in [-0.25, -0.2) is 5.43 Å². The number of halogens is 1. The molecule has 2 N–H and O–H groups in total. The second-order valence-electron chi connectivity index (χ2n) is 5.56. The fourth-order valence-corrected chi connectivity index (χ4v) is 2.56. The van der Waals surface area contributed by atoms with Crippen LogP contribution in [0.1, 0.15) is 25.0 Å². The van der Waals surface area contributed by atoms with E-state index in [0.29, 0.717) is 35.3 Å². The summed E-state index contributed by atoms with van der Waals surface area (Å²) in [5.74, 6) is -0.715. The zero-order valence-corrected chi connectivity index (χ0v) is 16.5. The van der Waals surface area contributed by atoms with Crippen LogP contribution in [0.25, 0.3) is 0 Å². The fraction of sp³-hybridized carbons (Fsp3) is 0.250. The van der Waals surface area contributed by atoms with Crippen molar-refractivity contribution in [3.8, 4) is 11.5 Å². The third-order valence-electron chi connectivity index (χ3n) is 3.50. The lowest BCUT2D eigenvalue weighted by Gasteiger charge is -2.13. The van der Waals surface area contributed by atoms with Crippen molar-refractivity contribution in [2.45, 2.75) is 20.4 Å². The molecule has 0 atom stereocenters. The molecule has 28 heavy (non-hydrogen) atoms. The minimum absolute atomic E-state index is 0.253. The Balaban J connectivity index is 1.95. The maximum atomic E-state index is 11.8. The zero-order valence-electron chi connectivity index (χ0n) is 15.7. The molecule has 0 aromatic heterocycles. The normalized spacial score (nSPS) is 10.5. The van der Waals surface area contributed by atoms with Gasteiger partial charge in [0, 0.05) is 6.54 Å². The lowest BCUT2D eigenvalue weighted by Crippen LogP contribution is -2.37. The SMILES string of the molecule is CCOc1cc(/C=N\NC(=O)C(=O)NCc2ccccc2)cc(Cl)c1OCC. The monoisotopic (exact) mass is 403 g/mol. The van der Waals surface area contributed by atoms with E-state index in [9.17, 15) is 9.59 Å². The van der Waals surface area contributed by atoms with E-state index in [2.05, 4.69) is 15.8 Å². The van der Waals surface area contributed by atoms with E-state index in [1.807, 2.05) is 44.2 Å². The molecule has 0 aliphatic rings. The number of benzene rings is 2. The molecule has 148 valence electrons. The highest BCUT2D eigenvalue weighted by Gasteiger charge is 2.13. The number of hydrogen-bond donors (Lipinski definition) is 2. The molecule has 2 amide bonds. The van der Waals surface area contributed by atoms with Crippen molar-refractivity contribution in [3.63, 3.8) is 0 Å². The van der Waals surface area contributed by atoms with Crippen LogP contribution in [0.3, 0.4) is 0 Å². The van der Waals surface area contributed by atoms with Gasteiger partial charge in [-0.05, 0) is 37.1 Å². The Morgan fingerprint density at radius 2 is 1.79 bits per heavy atom. The van der Waals surface area contributed by atoms with Gasteiger partial charge in [-0.3, -0.25) is 9.59 Å². The largest absolute Gasteiger partial charge is 0.490 e. The molecule has 0 fully saturated rings. The molecule has 0 aliphatic heterocycles. The number of nitrogens with one attached hydrogen (secondary N) is 2. The molecule has 0 unspecified atom stereocenters. The second-order valence-corrected chi connectivity index (χ2v) is 5.97. The molecular formula is C20H22ClN3O4. The zero-order chi connectivity index (χ0) is 20.4. The van der Waals surface area contributed by atoms with Crippen LogP contribution in [0.15, 0.2) is 47.6 Å². The molecule has 0 saturated heterocycles. The van der Waals surface area contributed by atoms with Gasteiger partial charge in [0.2, 0.25) is 0 Å². The smallest absolute Gasteiger partial charge is 0.329 e. The minimum atomic E-state index is -0.866. The van der Waals surface area contributed by atoms with E-state index in [1.165, 1.54) is 6.21 Å². The summed E-state index contributed by atoms with van der Waals surface area (Å²) in [6, 6.07) is 12.6. The number of hydrazone groups is 1. The quantitative estimate of drug-likeness (QED) is 0.403. The highest BCUT2D eigenvalue weighted by molar-refractivity contribution is 6.35. The van der Waals surface area contributed by atoms with Gasteiger partial charge in [0.05, 0.1) is 24.5 Å². The van der Waals surface area contributed by atoms with E-state index >= 15 is 0 Å². The topological polar surface area (TPSA) is 89.0 Å². The van der Waals surface area contributed by atoms with Crippen molar-refractivity contribution >= 4 is 29.6 Å². The summed E-state index contributed by atoms with van der Waals surface area (Å²) < 4.78 is 11.0. The minimum Gasteiger partial charge on any atom is -0.490 e. The summed E-state index contributed by atoms with van der Waals surface area (Å²) in [5, 5.41) is 6.68. The van der Waals surface area contributed by atoms with Crippen molar-refractivity contribution in [1.82, 2.24) is 10.7 Å². The Morgan fingerprint density at radius 1 is 1.07 bits per heavy atom. The van der Waals surface area contributed by atoms with Gasteiger partial charge in [0.25, 0.3) is 0 Å². The average Bonchev–Trinajstić information content (AvgIpc) is 2.69. The van der Waals surface area contributed by atoms with E-state index in [0.717, 1.165) is 5.56 Å². The first-order chi connectivity index (χ1) is 13.5. The molecule has 0 bridgehead atoms. The van der Waals surface area contributed by atoms with Crippen molar-refractivity contribution in [2.75, 3.05) is 13.2 Å². The molecule has 0 saturated carbocycles. The second kappa shape index (κ2) is 10.9. The predicted octanol–water partition coefficient (Wildman–Crippen LogP) is 2.90. The van der Waals surface area contributed by atoms with Crippen molar-refractivity contribution in [2.24, 2.45) is 5.10 Å². The van der Waals surface area contributed by atoms with Crippen molar-refractivity contribution in [1.29, 1.82) is 0 Å². The standard InChI is InChI=1S/C20H22ClN3O4/c1-3-27-17-11-15(10-16(21)18(17)28-4-2)13-23-24-20(26)19(25)22-12-14-8-6-5-7-9-14/h5-11,13H,3-4,12H2,1-2H3,(H,22,25)(H,24,26)/b23-13-. The first-order valence-electron chi connectivity index (χ1n) is 8.79. The number of carbonyl (C=O) groups excluding carboxylic acids is 2. The number of carbonyl (C=O) groups is 2. The highest BCUT2D eigenvalue weighted by atomic mass is 35.5. The summed E-state index contributed by atoms with van der Waals surface area (Å²) in [6.07, 6.45) is 1.37. The molecule has 2 rings (SSSR count). The maximum absolute atomic E-state index is 11.8. The summed E-state index contributed by atoms with van der Waals surface area (Å²) in [4.78, 5) is 23.6. The van der Waals surface area contributed by atoms with E-state index in [1.54, 1.807) is 12.1 Å². The Morgan fingerprint density at radius 3 is 2.46 bits per heavy atom. The molecule has 7 nitrogen and oxygen atoms in total.